The highest BCUT2D eigenvalue weighted by Crippen LogP contribution is 2.39. The number of hydrogen-bond donors (Lipinski definition) is 1. The summed E-state index contributed by atoms with van der Waals surface area (Å²) in [5.74, 6) is 0.809. The lowest BCUT2D eigenvalue weighted by Crippen LogP contribution is -2.40. The first-order valence-electron chi connectivity index (χ1n) is 11.4. The molecule has 3 aromatic heterocycles. The summed E-state index contributed by atoms with van der Waals surface area (Å²) in [6, 6.07) is 23.8. The van der Waals surface area contributed by atoms with Crippen LogP contribution in [0.25, 0.3) is 27.7 Å². The summed E-state index contributed by atoms with van der Waals surface area (Å²) in [7, 11) is 1.95. The van der Waals surface area contributed by atoms with Crippen molar-refractivity contribution in [1.29, 1.82) is 0 Å². The Balaban J connectivity index is 1.70. The van der Waals surface area contributed by atoms with E-state index in [-0.39, 0.29) is 0 Å². The highest BCUT2D eigenvalue weighted by molar-refractivity contribution is 6.31. The van der Waals surface area contributed by atoms with Gasteiger partial charge in [-0.15, -0.1) is 10.2 Å². The molecule has 6 nitrogen and oxygen atoms in total. The molecule has 0 radical (unpaired) electrons. The van der Waals surface area contributed by atoms with E-state index in [9.17, 15) is 0 Å². The van der Waals surface area contributed by atoms with Gasteiger partial charge in [-0.25, -0.2) is 4.98 Å². The summed E-state index contributed by atoms with van der Waals surface area (Å²) in [5, 5.41) is 11.0. The van der Waals surface area contributed by atoms with Gasteiger partial charge in [0.1, 0.15) is 11.4 Å². The van der Waals surface area contributed by atoms with Crippen LogP contribution in [-0.2, 0) is 12.6 Å². The fourth-order valence-electron chi connectivity index (χ4n) is 4.98. The second-order valence-electron chi connectivity index (χ2n) is 8.95. The van der Waals surface area contributed by atoms with Crippen LogP contribution in [-0.4, -0.2) is 24.1 Å². The molecule has 0 aliphatic heterocycles. The van der Waals surface area contributed by atoms with Crippen LogP contribution >= 0.6 is 23.2 Å². The predicted octanol–water partition coefficient (Wildman–Crippen LogP) is 6.15. The van der Waals surface area contributed by atoms with Crippen LogP contribution in [0, 0.1) is 6.92 Å². The number of aryl methyl sites for hydroxylation is 2. The molecule has 0 spiro atoms. The Morgan fingerprint density at radius 3 is 2.36 bits per heavy atom. The molecule has 0 amide bonds. The van der Waals surface area contributed by atoms with Gasteiger partial charge in [0.25, 0.3) is 0 Å². The third kappa shape index (κ3) is 3.49. The number of aromatic nitrogens is 5. The van der Waals surface area contributed by atoms with E-state index in [1.165, 1.54) is 0 Å². The topological polar surface area (TPSA) is 74.0 Å². The number of halogens is 2. The lowest BCUT2D eigenvalue weighted by atomic mass is 9.80. The van der Waals surface area contributed by atoms with Crippen LogP contribution in [0.5, 0.6) is 0 Å². The third-order valence-corrected chi connectivity index (χ3v) is 7.25. The molecule has 1 unspecified atom stereocenters. The largest absolute Gasteiger partial charge is 0.336 e. The van der Waals surface area contributed by atoms with Gasteiger partial charge in [0, 0.05) is 22.5 Å². The lowest BCUT2D eigenvalue weighted by Gasteiger charge is -2.31. The molecule has 6 rings (SSSR count). The molecule has 2 N–H and O–H groups in total. The summed E-state index contributed by atoms with van der Waals surface area (Å²) >= 11 is 12.6. The number of pyridine rings is 1. The minimum Gasteiger partial charge on any atom is -0.336 e. The molecule has 1 atom stereocenters. The van der Waals surface area contributed by atoms with Gasteiger partial charge in [-0.1, -0.05) is 53.5 Å². The van der Waals surface area contributed by atoms with Crippen molar-refractivity contribution in [3.63, 3.8) is 0 Å². The Hall–Kier alpha value is -3.71. The molecule has 178 valence electrons. The van der Waals surface area contributed by atoms with E-state index >= 15 is 0 Å². The molecule has 0 saturated carbocycles. The molecule has 6 aromatic rings. The van der Waals surface area contributed by atoms with Gasteiger partial charge in [-0.2, -0.15) is 0 Å². The van der Waals surface area contributed by atoms with Crippen LogP contribution in [0.4, 0.5) is 0 Å². The first kappa shape index (κ1) is 22.7. The average Bonchev–Trinajstić information content (AvgIpc) is 3.48. The van der Waals surface area contributed by atoms with E-state index < -0.39 is 5.54 Å². The summed E-state index contributed by atoms with van der Waals surface area (Å²) < 4.78 is 4.00. The van der Waals surface area contributed by atoms with E-state index in [0.29, 0.717) is 10.0 Å². The van der Waals surface area contributed by atoms with E-state index in [1.807, 2.05) is 79.3 Å². The van der Waals surface area contributed by atoms with E-state index in [2.05, 4.69) is 37.8 Å². The number of hydrogen-bond acceptors (Lipinski definition) is 4. The molecule has 0 aliphatic carbocycles. The molecule has 3 aromatic carbocycles. The van der Waals surface area contributed by atoms with Crippen LogP contribution in [0.1, 0.15) is 22.6 Å². The fraction of sp³-hybridized carbons (Fsp3) is 0.107. The number of fused-ring (bicyclic) bond motifs is 3. The van der Waals surface area contributed by atoms with E-state index in [4.69, 9.17) is 28.9 Å². The SMILES string of the molecule is Cc1nnc2cc(-c3cccc(Cl)c3)c3cc(C(N)(c4ccc(Cl)cc4)c4cncn4C)ccc3n12. The Labute approximate surface area is 217 Å². The highest BCUT2D eigenvalue weighted by Gasteiger charge is 2.35. The predicted molar refractivity (Wildman–Crippen MR) is 144 cm³/mol. The normalized spacial score (nSPS) is 13.4. The molecule has 0 fully saturated rings. The third-order valence-electron chi connectivity index (χ3n) is 6.76. The zero-order chi connectivity index (χ0) is 25.0. The van der Waals surface area contributed by atoms with Gasteiger partial charge in [0.05, 0.1) is 23.7 Å². The van der Waals surface area contributed by atoms with Crippen molar-refractivity contribution in [2.24, 2.45) is 12.8 Å². The van der Waals surface area contributed by atoms with Crippen LogP contribution in [0.3, 0.4) is 0 Å². The van der Waals surface area contributed by atoms with Crippen molar-refractivity contribution in [1.82, 2.24) is 24.1 Å². The van der Waals surface area contributed by atoms with Crippen molar-refractivity contribution < 1.29 is 0 Å². The summed E-state index contributed by atoms with van der Waals surface area (Å²) in [5.41, 5.74) is 12.8. The highest BCUT2D eigenvalue weighted by atomic mass is 35.5. The molecule has 8 heteroatoms. The second kappa shape index (κ2) is 8.45. The molecule has 3 heterocycles. The van der Waals surface area contributed by atoms with Crippen LogP contribution < -0.4 is 5.73 Å². The van der Waals surface area contributed by atoms with Gasteiger partial charge in [0.15, 0.2) is 5.65 Å². The first-order valence-corrected chi connectivity index (χ1v) is 12.2. The van der Waals surface area contributed by atoms with E-state index in [1.54, 1.807) is 6.33 Å². The maximum atomic E-state index is 7.33. The van der Waals surface area contributed by atoms with Crippen molar-refractivity contribution in [2.75, 3.05) is 0 Å². The number of benzene rings is 3. The maximum Gasteiger partial charge on any atom is 0.161 e. The van der Waals surface area contributed by atoms with Gasteiger partial charge in [0.2, 0.25) is 0 Å². The van der Waals surface area contributed by atoms with Gasteiger partial charge >= 0.3 is 0 Å². The zero-order valence-electron chi connectivity index (χ0n) is 19.7. The Morgan fingerprint density at radius 2 is 1.64 bits per heavy atom. The monoisotopic (exact) mass is 512 g/mol. The van der Waals surface area contributed by atoms with Gasteiger partial charge in [-0.05, 0) is 71.6 Å². The molecule has 0 saturated heterocycles. The molecule has 0 aliphatic rings. The van der Waals surface area contributed by atoms with Gasteiger partial charge < -0.3 is 10.3 Å². The molecular weight excluding hydrogens is 491 g/mol. The quantitative estimate of drug-likeness (QED) is 0.307. The van der Waals surface area contributed by atoms with Crippen molar-refractivity contribution >= 4 is 39.8 Å². The Bertz CT molecular complexity index is 1750. The average molecular weight is 513 g/mol. The second-order valence-corrected chi connectivity index (χ2v) is 9.82. The lowest BCUT2D eigenvalue weighted by molar-refractivity contribution is 0.596. The molecule has 0 bridgehead atoms. The Kier molecular flexibility index (Phi) is 5.34. The zero-order valence-corrected chi connectivity index (χ0v) is 21.2. The summed E-state index contributed by atoms with van der Waals surface area (Å²) in [6.07, 6.45) is 3.57. The van der Waals surface area contributed by atoms with Crippen molar-refractivity contribution in [3.05, 3.63) is 118 Å². The van der Waals surface area contributed by atoms with E-state index in [0.717, 1.165) is 50.3 Å². The molecular formula is C28H22Cl2N6. The standard InChI is InChI=1S/C28H22Cl2N6/c1-17-33-34-27-14-23(18-4-3-5-22(30)12-18)24-13-20(8-11-25(24)36(17)27)28(31,26-15-32-16-35(26)2)19-6-9-21(29)10-7-19/h3-16H,31H2,1-2H3. The van der Waals surface area contributed by atoms with Crippen LogP contribution in [0.2, 0.25) is 10.0 Å². The van der Waals surface area contributed by atoms with Crippen molar-refractivity contribution in [3.8, 4) is 11.1 Å². The first-order chi connectivity index (χ1) is 17.4. The maximum absolute atomic E-state index is 7.33. The number of nitrogens with zero attached hydrogens (tertiary/aromatic N) is 5. The summed E-state index contributed by atoms with van der Waals surface area (Å²) in [4.78, 5) is 4.36. The smallest absolute Gasteiger partial charge is 0.161 e. The fourth-order valence-corrected chi connectivity index (χ4v) is 5.29. The Morgan fingerprint density at radius 1 is 0.861 bits per heavy atom. The van der Waals surface area contributed by atoms with Crippen molar-refractivity contribution in [2.45, 2.75) is 12.5 Å². The van der Waals surface area contributed by atoms with Crippen LogP contribution in [0.15, 0.2) is 85.3 Å². The minimum atomic E-state index is -0.979. The van der Waals surface area contributed by atoms with Gasteiger partial charge in [-0.3, -0.25) is 4.40 Å². The number of imidazole rings is 1. The number of rotatable bonds is 4. The molecule has 36 heavy (non-hydrogen) atoms. The minimum absolute atomic E-state index is 0.651. The number of nitrogens with two attached hydrogens (primary N) is 1. The summed E-state index contributed by atoms with van der Waals surface area (Å²) in [6.45, 7) is 1.95.